The van der Waals surface area contributed by atoms with Gasteiger partial charge in [-0.2, -0.15) is 10.2 Å². The molecule has 0 bridgehead atoms. The second-order valence-corrected chi connectivity index (χ2v) is 4.39. The van der Waals surface area contributed by atoms with Gasteiger partial charge >= 0.3 is 0 Å². The molecule has 0 amide bonds. The van der Waals surface area contributed by atoms with E-state index in [2.05, 4.69) is 25.3 Å². The molecule has 3 aromatic heterocycles. The highest BCUT2D eigenvalue weighted by molar-refractivity contribution is 6.29. The molecule has 20 heavy (non-hydrogen) atoms. The molecule has 0 unspecified atom stereocenters. The smallest absolute Gasteiger partial charge is 0.267 e. The molecule has 0 atom stereocenters. The van der Waals surface area contributed by atoms with E-state index in [9.17, 15) is 4.79 Å². The fraction of sp³-hybridized carbons (Fsp3) is 0.0833. The largest absolute Gasteiger partial charge is 0.268 e. The van der Waals surface area contributed by atoms with E-state index in [0.29, 0.717) is 11.6 Å². The zero-order valence-corrected chi connectivity index (χ0v) is 10.9. The molecule has 0 aliphatic rings. The Morgan fingerprint density at radius 2 is 2.20 bits per heavy atom. The van der Waals surface area contributed by atoms with Gasteiger partial charge in [-0.25, -0.2) is 9.67 Å². The molecule has 0 spiro atoms. The number of hydrogen-bond donors (Lipinski definition) is 1. The van der Waals surface area contributed by atoms with Crippen LogP contribution in [0.25, 0.3) is 11.4 Å². The van der Waals surface area contributed by atoms with Crippen LogP contribution in [0, 0.1) is 0 Å². The molecule has 0 aromatic carbocycles. The number of nitrogens with zero attached hydrogens (tertiary/aromatic N) is 5. The van der Waals surface area contributed by atoms with E-state index >= 15 is 0 Å². The summed E-state index contributed by atoms with van der Waals surface area (Å²) in [4.78, 5) is 19.9. The highest BCUT2D eigenvalue weighted by atomic mass is 35.5. The first-order valence-corrected chi connectivity index (χ1v) is 6.15. The molecule has 0 fully saturated rings. The van der Waals surface area contributed by atoms with Crippen molar-refractivity contribution in [2.75, 3.05) is 0 Å². The number of aromatic amines is 1. The van der Waals surface area contributed by atoms with Gasteiger partial charge in [0, 0.05) is 24.0 Å². The SMILES string of the molecule is O=c1ccc(Cl)nn1Cc1nc(-c2cccnc2)n[nH]1. The molecule has 100 valence electrons. The molecular formula is C12H9ClN6O. The van der Waals surface area contributed by atoms with E-state index < -0.39 is 0 Å². The summed E-state index contributed by atoms with van der Waals surface area (Å²) in [6, 6.07) is 6.45. The number of H-pyrrole nitrogens is 1. The molecule has 0 radical (unpaired) electrons. The Hall–Kier alpha value is -2.54. The van der Waals surface area contributed by atoms with Crippen molar-refractivity contribution < 1.29 is 0 Å². The molecule has 8 heteroatoms. The third-order valence-corrected chi connectivity index (χ3v) is 2.79. The Morgan fingerprint density at radius 1 is 1.30 bits per heavy atom. The molecule has 0 aliphatic heterocycles. The Balaban J connectivity index is 1.88. The van der Waals surface area contributed by atoms with E-state index in [1.807, 2.05) is 6.07 Å². The first kappa shape index (κ1) is 12.5. The van der Waals surface area contributed by atoms with Crippen molar-refractivity contribution in [3.63, 3.8) is 0 Å². The van der Waals surface area contributed by atoms with Gasteiger partial charge in [0.05, 0.1) is 0 Å². The first-order chi connectivity index (χ1) is 9.72. The van der Waals surface area contributed by atoms with Gasteiger partial charge < -0.3 is 0 Å². The topological polar surface area (TPSA) is 89.3 Å². The van der Waals surface area contributed by atoms with E-state index in [0.717, 1.165) is 5.56 Å². The average Bonchev–Trinajstić information content (AvgIpc) is 2.92. The molecule has 1 N–H and O–H groups in total. The molecule has 3 heterocycles. The molecule has 0 saturated carbocycles. The number of aromatic nitrogens is 6. The van der Waals surface area contributed by atoms with Crippen LogP contribution in [-0.2, 0) is 6.54 Å². The van der Waals surface area contributed by atoms with Gasteiger partial charge in [0.15, 0.2) is 5.82 Å². The molecule has 3 aromatic rings. The van der Waals surface area contributed by atoms with Crippen molar-refractivity contribution in [1.82, 2.24) is 29.9 Å². The Kier molecular flexibility index (Phi) is 3.26. The van der Waals surface area contributed by atoms with Crippen LogP contribution in [0.15, 0.2) is 41.5 Å². The summed E-state index contributed by atoms with van der Waals surface area (Å²) < 4.78 is 1.22. The third-order valence-electron chi connectivity index (χ3n) is 2.59. The Bertz CT molecular complexity index is 782. The van der Waals surface area contributed by atoms with Gasteiger partial charge in [0.25, 0.3) is 5.56 Å². The average molecular weight is 289 g/mol. The zero-order chi connectivity index (χ0) is 13.9. The lowest BCUT2D eigenvalue weighted by molar-refractivity contribution is 0.616. The van der Waals surface area contributed by atoms with Gasteiger partial charge in [-0.3, -0.25) is 14.9 Å². The van der Waals surface area contributed by atoms with Crippen molar-refractivity contribution in [2.24, 2.45) is 0 Å². The van der Waals surface area contributed by atoms with Gasteiger partial charge in [-0.1, -0.05) is 11.6 Å². The summed E-state index contributed by atoms with van der Waals surface area (Å²) in [5.41, 5.74) is 0.537. The van der Waals surface area contributed by atoms with Crippen LogP contribution < -0.4 is 5.56 Å². The minimum Gasteiger partial charge on any atom is -0.268 e. The van der Waals surface area contributed by atoms with E-state index in [4.69, 9.17) is 11.6 Å². The second kappa shape index (κ2) is 5.22. The Morgan fingerprint density at radius 3 is 3.00 bits per heavy atom. The molecule has 0 saturated heterocycles. The molecule has 7 nitrogen and oxygen atoms in total. The maximum absolute atomic E-state index is 11.6. The number of hydrogen-bond acceptors (Lipinski definition) is 5. The second-order valence-electron chi connectivity index (χ2n) is 4.00. The lowest BCUT2D eigenvalue weighted by atomic mass is 10.3. The quantitative estimate of drug-likeness (QED) is 0.780. The summed E-state index contributed by atoms with van der Waals surface area (Å²) in [6.45, 7) is 0.173. The summed E-state index contributed by atoms with van der Waals surface area (Å²) >= 11 is 5.76. The van der Waals surface area contributed by atoms with Crippen LogP contribution >= 0.6 is 11.6 Å². The predicted octanol–water partition coefficient (Wildman–Crippen LogP) is 1.13. The van der Waals surface area contributed by atoms with Gasteiger partial charge in [0.2, 0.25) is 0 Å². The first-order valence-electron chi connectivity index (χ1n) is 5.78. The minimum atomic E-state index is -0.256. The highest BCUT2D eigenvalue weighted by Gasteiger charge is 2.08. The van der Waals surface area contributed by atoms with Crippen molar-refractivity contribution in [1.29, 1.82) is 0 Å². The molecular weight excluding hydrogens is 280 g/mol. The van der Waals surface area contributed by atoms with Crippen molar-refractivity contribution in [3.8, 4) is 11.4 Å². The number of pyridine rings is 1. The van der Waals surface area contributed by atoms with Crippen LogP contribution in [0.3, 0.4) is 0 Å². The van der Waals surface area contributed by atoms with E-state index in [1.165, 1.54) is 16.8 Å². The van der Waals surface area contributed by atoms with Crippen LogP contribution in [0.1, 0.15) is 5.82 Å². The minimum absolute atomic E-state index is 0.173. The summed E-state index contributed by atoms with van der Waals surface area (Å²) in [6.07, 6.45) is 3.34. The Labute approximate surface area is 118 Å². The lowest BCUT2D eigenvalue weighted by Crippen LogP contribution is -2.22. The predicted molar refractivity (Wildman–Crippen MR) is 72.2 cm³/mol. The summed E-state index contributed by atoms with van der Waals surface area (Å²) in [5.74, 6) is 1.03. The lowest BCUT2D eigenvalue weighted by Gasteiger charge is -2.00. The zero-order valence-electron chi connectivity index (χ0n) is 10.2. The normalized spacial score (nSPS) is 10.7. The van der Waals surface area contributed by atoms with Crippen molar-refractivity contribution in [3.05, 3.63) is 58.0 Å². The fourth-order valence-electron chi connectivity index (χ4n) is 1.67. The maximum Gasteiger partial charge on any atom is 0.267 e. The highest BCUT2D eigenvalue weighted by Crippen LogP contribution is 2.12. The fourth-order valence-corrected chi connectivity index (χ4v) is 1.82. The van der Waals surface area contributed by atoms with Gasteiger partial charge in [0.1, 0.15) is 17.5 Å². The van der Waals surface area contributed by atoms with E-state index in [-0.39, 0.29) is 17.3 Å². The van der Waals surface area contributed by atoms with Crippen LogP contribution in [0.5, 0.6) is 0 Å². The number of halogens is 1. The van der Waals surface area contributed by atoms with Crippen LogP contribution in [0.4, 0.5) is 0 Å². The molecule has 3 rings (SSSR count). The van der Waals surface area contributed by atoms with E-state index in [1.54, 1.807) is 18.5 Å². The van der Waals surface area contributed by atoms with Crippen LogP contribution in [0.2, 0.25) is 5.15 Å². The van der Waals surface area contributed by atoms with Crippen LogP contribution in [-0.4, -0.2) is 29.9 Å². The monoisotopic (exact) mass is 288 g/mol. The number of rotatable bonds is 3. The summed E-state index contributed by atoms with van der Waals surface area (Å²) in [7, 11) is 0. The molecule has 0 aliphatic carbocycles. The van der Waals surface area contributed by atoms with Gasteiger partial charge in [-0.15, -0.1) is 0 Å². The standard InChI is InChI=1S/C12H9ClN6O/c13-9-3-4-11(20)19(18-9)7-10-15-12(17-16-10)8-2-1-5-14-6-8/h1-6H,7H2,(H,15,16,17). The third kappa shape index (κ3) is 2.57. The maximum atomic E-state index is 11.6. The van der Waals surface area contributed by atoms with Crippen molar-refractivity contribution >= 4 is 11.6 Å². The van der Waals surface area contributed by atoms with Crippen molar-refractivity contribution in [2.45, 2.75) is 6.54 Å². The van der Waals surface area contributed by atoms with Gasteiger partial charge in [-0.05, 0) is 18.2 Å². The summed E-state index contributed by atoms with van der Waals surface area (Å²) in [5, 5.41) is 11.0. The number of nitrogens with one attached hydrogen (secondary N) is 1.